The van der Waals surface area contributed by atoms with Gasteiger partial charge in [-0.15, -0.1) is 0 Å². The highest BCUT2D eigenvalue weighted by Gasteiger charge is 2.12. The molecule has 0 saturated heterocycles. The molecule has 5 heteroatoms. The van der Waals surface area contributed by atoms with Crippen LogP contribution in [0.5, 0.6) is 0 Å². The van der Waals surface area contributed by atoms with E-state index in [4.69, 9.17) is 0 Å². The molecule has 5 nitrogen and oxygen atoms in total. The number of carbonyl (C=O) groups excluding carboxylic acids is 1. The number of carbonyl (C=O) groups is 1. The van der Waals surface area contributed by atoms with Crippen LogP contribution in [0, 0.1) is 0 Å². The summed E-state index contributed by atoms with van der Waals surface area (Å²) in [7, 11) is 2.81. The van der Waals surface area contributed by atoms with Gasteiger partial charge in [-0.1, -0.05) is 0 Å². The molecule has 0 N–H and O–H groups in total. The van der Waals surface area contributed by atoms with Crippen LogP contribution < -0.4 is 5.56 Å². The van der Waals surface area contributed by atoms with Crippen molar-refractivity contribution in [1.29, 1.82) is 0 Å². The third kappa shape index (κ3) is 1.46. The van der Waals surface area contributed by atoms with Crippen molar-refractivity contribution in [3.05, 3.63) is 40.6 Å². The van der Waals surface area contributed by atoms with Gasteiger partial charge in [-0.2, -0.15) is 0 Å². The van der Waals surface area contributed by atoms with Crippen molar-refractivity contribution in [2.75, 3.05) is 7.11 Å². The number of methoxy groups -OCH3 is 1. The van der Waals surface area contributed by atoms with Gasteiger partial charge in [-0.3, -0.25) is 9.78 Å². The normalized spacial score (nSPS) is 10.4. The van der Waals surface area contributed by atoms with Crippen LogP contribution in [0.4, 0.5) is 0 Å². The topological polar surface area (TPSA) is 61.2 Å². The van der Waals surface area contributed by atoms with Crippen molar-refractivity contribution in [3.8, 4) is 0 Å². The molecule has 2 rings (SSSR count). The van der Waals surface area contributed by atoms with E-state index in [-0.39, 0.29) is 11.3 Å². The van der Waals surface area contributed by atoms with Crippen LogP contribution in [0.25, 0.3) is 10.8 Å². The predicted molar refractivity (Wildman–Crippen MR) is 58.3 cm³/mol. The van der Waals surface area contributed by atoms with E-state index >= 15 is 0 Å². The molecule has 0 aliphatic carbocycles. The van der Waals surface area contributed by atoms with E-state index in [1.807, 2.05) is 0 Å². The zero-order valence-corrected chi connectivity index (χ0v) is 8.93. The van der Waals surface area contributed by atoms with Gasteiger partial charge in [-0.25, -0.2) is 4.79 Å². The lowest BCUT2D eigenvalue weighted by Crippen LogP contribution is -2.23. The van der Waals surface area contributed by atoms with Gasteiger partial charge in [-0.05, 0) is 12.1 Å². The molecular formula is C11H10N2O3. The Morgan fingerprint density at radius 1 is 1.50 bits per heavy atom. The number of fused-ring (bicyclic) bond motifs is 1. The minimum absolute atomic E-state index is 0.216. The summed E-state index contributed by atoms with van der Waals surface area (Å²) < 4.78 is 5.87. The number of rotatable bonds is 1. The fourth-order valence-corrected chi connectivity index (χ4v) is 1.55. The van der Waals surface area contributed by atoms with Gasteiger partial charge in [0.25, 0.3) is 5.56 Å². The van der Waals surface area contributed by atoms with Crippen LogP contribution in [-0.4, -0.2) is 22.6 Å². The summed E-state index contributed by atoms with van der Waals surface area (Å²) in [5.74, 6) is -0.537. The summed E-state index contributed by atoms with van der Waals surface area (Å²) in [6, 6.07) is 3.22. The van der Waals surface area contributed by atoms with E-state index in [2.05, 4.69) is 9.72 Å². The molecule has 0 spiro atoms. The van der Waals surface area contributed by atoms with Gasteiger partial charge in [0.1, 0.15) is 5.69 Å². The van der Waals surface area contributed by atoms with Gasteiger partial charge in [0.2, 0.25) is 0 Å². The van der Waals surface area contributed by atoms with Crippen LogP contribution in [0.2, 0.25) is 0 Å². The Morgan fingerprint density at radius 2 is 2.25 bits per heavy atom. The number of nitrogens with zero attached hydrogens (tertiary/aromatic N) is 2. The maximum absolute atomic E-state index is 11.9. The van der Waals surface area contributed by atoms with Crippen molar-refractivity contribution in [3.63, 3.8) is 0 Å². The molecule has 0 unspecified atom stereocenters. The Kier molecular flexibility index (Phi) is 2.44. The second-order valence-electron chi connectivity index (χ2n) is 3.35. The lowest BCUT2D eigenvalue weighted by atomic mass is 10.2. The minimum atomic E-state index is -0.537. The number of pyridine rings is 2. The summed E-state index contributed by atoms with van der Waals surface area (Å²) >= 11 is 0. The largest absolute Gasteiger partial charge is 0.464 e. The van der Waals surface area contributed by atoms with E-state index < -0.39 is 5.97 Å². The summed E-state index contributed by atoms with van der Waals surface area (Å²) in [6.45, 7) is 0. The van der Waals surface area contributed by atoms with Crippen LogP contribution in [0.15, 0.2) is 29.3 Å². The average molecular weight is 218 g/mol. The molecule has 2 heterocycles. The predicted octanol–water partition coefficient (Wildman–Crippen LogP) is 0.720. The fourth-order valence-electron chi connectivity index (χ4n) is 1.55. The first-order valence-corrected chi connectivity index (χ1v) is 4.67. The van der Waals surface area contributed by atoms with Crippen molar-refractivity contribution >= 4 is 16.7 Å². The first-order chi connectivity index (χ1) is 7.65. The van der Waals surface area contributed by atoms with E-state index in [9.17, 15) is 9.59 Å². The monoisotopic (exact) mass is 218 g/mol. The number of hydrogen-bond acceptors (Lipinski definition) is 4. The van der Waals surface area contributed by atoms with E-state index in [1.165, 1.54) is 18.7 Å². The third-order valence-electron chi connectivity index (χ3n) is 2.44. The maximum Gasteiger partial charge on any atom is 0.354 e. The number of aromatic nitrogens is 2. The third-order valence-corrected chi connectivity index (χ3v) is 2.44. The maximum atomic E-state index is 11.9. The van der Waals surface area contributed by atoms with Gasteiger partial charge >= 0.3 is 5.97 Å². The first kappa shape index (κ1) is 10.4. The lowest BCUT2D eigenvalue weighted by Gasteiger charge is -2.07. The first-order valence-electron chi connectivity index (χ1n) is 4.67. The molecule has 0 aliphatic rings. The van der Waals surface area contributed by atoms with Gasteiger partial charge in [0, 0.05) is 24.8 Å². The van der Waals surface area contributed by atoms with Crippen LogP contribution in [-0.2, 0) is 11.8 Å². The summed E-state index contributed by atoms with van der Waals surface area (Å²) in [6.07, 6.45) is 3.09. The van der Waals surface area contributed by atoms with Gasteiger partial charge in [0.05, 0.1) is 12.5 Å². The fraction of sp³-hybridized carbons (Fsp3) is 0.182. The highest BCUT2D eigenvalue weighted by molar-refractivity contribution is 5.92. The highest BCUT2D eigenvalue weighted by Crippen LogP contribution is 2.10. The molecule has 16 heavy (non-hydrogen) atoms. The summed E-state index contributed by atoms with van der Waals surface area (Å²) in [5.41, 5.74) is -0.0201. The van der Waals surface area contributed by atoms with E-state index in [0.29, 0.717) is 10.8 Å². The Labute approximate surface area is 91.3 Å². The molecule has 0 amide bonds. The molecule has 82 valence electrons. The average Bonchev–Trinajstić information content (AvgIpc) is 2.33. The lowest BCUT2D eigenvalue weighted by molar-refractivity contribution is 0.0588. The molecule has 0 radical (unpaired) electrons. The van der Waals surface area contributed by atoms with Crippen LogP contribution in [0.1, 0.15) is 10.5 Å². The van der Waals surface area contributed by atoms with Crippen molar-refractivity contribution in [2.24, 2.45) is 7.05 Å². The smallest absolute Gasteiger partial charge is 0.354 e. The quantitative estimate of drug-likeness (QED) is 0.662. The molecule has 0 bridgehead atoms. The number of esters is 1. The van der Waals surface area contributed by atoms with Crippen LogP contribution >= 0.6 is 0 Å². The van der Waals surface area contributed by atoms with Gasteiger partial charge in [0.15, 0.2) is 0 Å². The Hall–Kier alpha value is -2.17. The van der Waals surface area contributed by atoms with Crippen molar-refractivity contribution in [1.82, 2.24) is 9.55 Å². The van der Waals surface area contributed by atoms with Crippen LogP contribution in [0.3, 0.4) is 0 Å². The standard InChI is InChI=1S/C11H10N2O3/c1-13-9(11(15)16-2)5-7-6-12-4-3-8(7)10(13)14/h3-6H,1-2H3. The zero-order valence-electron chi connectivity index (χ0n) is 8.93. The summed E-state index contributed by atoms with van der Waals surface area (Å²) in [4.78, 5) is 27.2. The Balaban J connectivity index is 2.84. The Bertz CT molecular complexity index is 616. The molecule has 2 aromatic rings. The molecule has 0 fully saturated rings. The van der Waals surface area contributed by atoms with Crippen molar-refractivity contribution < 1.29 is 9.53 Å². The van der Waals surface area contributed by atoms with E-state index in [0.717, 1.165) is 0 Å². The van der Waals surface area contributed by atoms with Crippen molar-refractivity contribution in [2.45, 2.75) is 0 Å². The second-order valence-corrected chi connectivity index (χ2v) is 3.35. The molecule has 0 saturated carbocycles. The number of hydrogen-bond donors (Lipinski definition) is 0. The van der Waals surface area contributed by atoms with E-state index in [1.54, 1.807) is 24.5 Å². The minimum Gasteiger partial charge on any atom is -0.464 e. The van der Waals surface area contributed by atoms with Gasteiger partial charge < -0.3 is 9.30 Å². The summed E-state index contributed by atoms with van der Waals surface area (Å²) in [5, 5.41) is 1.16. The number of ether oxygens (including phenoxy) is 1. The SMILES string of the molecule is COC(=O)c1cc2cnccc2c(=O)n1C. The molecule has 2 aromatic heterocycles. The molecule has 0 aliphatic heterocycles. The Morgan fingerprint density at radius 3 is 2.94 bits per heavy atom. The molecule has 0 atom stereocenters. The second kappa shape index (κ2) is 3.77. The molecule has 0 aromatic carbocycles. The highest BCUT2D eigenvalue weighted by atomic mass is 16.5. The molecular weight excluding hydrogens is 208 g/mol. The zero-order chi connectivity index (χ0) is 11.7.